The minimum Gasteiger partial charge on any atom is -0.457 e. The summed E-state index contributed by atoms with van der Waals surface area (Å²) in [5.41, 5.74) is 1.26. The second-order valence-corrected chi connectivity index (χ2v) is 8.36. The summed E-state index contributed by atoms with van der Waals surface area (Å²) < 4.78 is 16.9. The van der Waals surface area contributed by atoms with E-state index in [1.807, 2.05) is 6.92 Å². The van der Waals surface area contributed by atoms with Crippen LogP contribution < -0.4 is 0 Å². The van der Waals surface area contributed by atoms with Crippen molar-refractivity contribution in [3.05, 3.63) is 35.5 Å². The molecule has 0 saturated carbocycles. The highest BCUT2D eigenvalue weighted by molar-refractivity contribution is 5.91. The van der Waals surface area contributed by atoms with Gasteiger partial charge >= 0.3 is 17.9 Å². The molecule has 0 unspecified atom stereocenters. The third kappa shape index (κ3) is 5.26. The molecule has 0 N–H and O–H groups in total. The van der Waals surface area contributed by atoms with Crippen LogP contribution in [0.15, 0.2) is 35.5 Å². The molecule has 1 heterocycles. The first kappa shape index (κ1) is 23.6. The van der Waals surface area contributed by atoms with Crippen LogP contribution in [0.4, 0.5) is 0 Å². The molecular formula is C23H30O7. The highest BCUT2D eigenvalue weighted by Crippen LogP contribution is 2.37. The lowest BCUT2D eigenvalue weighted by atomic mass is 9.83. The molecule has 1 aliphatic heterocycles. The zero-order valence-corrected chi connectivity index (χ0v) is 18.2. The molecule has 0 aromatic rings. The maximum Gasteiger partial charge on any atom is 0.334 e. The monoisotopic (exact) mass is 418 g/mol. The van der Waals surface area contributed by atoms with Gasteiger partial charge in [-0.05, 0) is 25.8 Å². The molecular weight excluding hydrogens is 388 g/mol. The van der Waals surface area contributed by atoms with Gasteiger partial charge in [0.25, 0.3) is 0 Å². The van der Waals surface area contributed by atoms with Crippen molar-refractivity contribution in [1.29, 1.82) is 0 Å². The second-order valence-electron chi connectivity index (χ2n) is 8.36. The summed E-state index contributed by atoms with van der Waals surface area (Å²) in [6.45, 7) is 12.4. The first-order chi connectivity index (χ1) is 14.1. The predicted molar refractivity (Wildman–Crippen MR) is 109 cm³/mol. The molecule has 7 heteroatoms. The largest absolute Gasteiger partial charge is 0.457 e. The van der Waals surface area contributed by atoms with Gasteiger partial charge in [-0.1, -0.05) is 45.9 Å². The second kappa shape index (κ2) is 9.87. The summed E-state index contributed by atoms with van der Waals surface area (Å²) in [4.78, 5) is 49.2. The van der Waals surface area contributed by atoms with E-state index in [2.05, 4.69) is 6.58 Å². The van der Waals surface area contributed by atoms with E-state index < -0.39 is 54.0 Å². The number of carbonyl (C=O) groups excluding carboxylic acids is 4. The zero-order valence-electron chi connectivity index (χ0n) is 18.2. The SMILES string of the molecule is C=C1C(=O)O[C@@H]2/C=C(\C)CC/C=C(/C=O)[C@H](OC(=O)C(C)C)[C@@H](OC(=O)C(C)C)[C@@H]12. The van der Waals surface area contributed by atoms with Crippen LogP contribution in [0, 0.1) is 17.8 Å². The molecule has 0 bridgehead atoms. The lowest BCUT2D eigenvalue weighted by Crippen LogP contribution is -2.46. The summed E-state index contributed by atoms with van der Waals surface area (Å²) in [5.74, 6) is -3.41. The number of hydrogen-bond acceptors (Lipinski definition) is 7. The average molecular weight is 418 g/mol. The number of allylic oxidation sites excluding steroid dienone is 2. The Morgan fingerprint density at radius 3 is 2.33 bits per heavy atom. The Balaban J connectivity index is 2.63. The molecule has 0 aromatic carbocycles. The number of ether oxygens (including phenoxy) is 3. The van der Waals surface area contributed by atoms with Crippen LogP contribution in [0.25, 0.3) is 0 Å². The molecule has 1 fully saturated rings. The van der Waals surface area contributed by atoms with Gasteiger partial charge in [-0.3, -0.25) is 14.4 Å². The summed E-state index contributed by atoms with van der Waals surface area (Å²) in [7, 11) is 0. The number of hydrogen-bond donors (Lipinski definition) is 0. The van der Waals surface area contributed by atoms with Crippen LogP contribution in [0.2, 0.25) is 0 Å². The van der Waals surface area contributed by atoms with E-state index in [1.54, 1.807) is 39.8 Å². The fourth-order valence-electron chi connectivity index (χ4n) is 3.37. The van der Waals surface area contributed by atoms with Gasteiger partial charge < -0.3 is 14.2 Å². The van der Waals surface area contributed by atoms with Crippen molar-refractivity contribution in [3.63, 3.8) is 0 Å². The molecule has 4 atom stereocenters. The van der Waals surface area contributed by atoms with Gasteiger partial charge in [0.05, 0.1) is 17.8 Å². The minimum atomic E-state index is -1.18. The summed E-state index contributed by atoms with van der Waals surface area (Å²) >= 11 is 0. The first-order valence-corrected chi connectivity index (χ1v) is 10.2. The van der Waals surface area contributed by atoms with Gasteiger partial charge in [-0.25, -0.2) is 4.79 Å². The Bertz CT molecular complexity index is 787. The molecule has 30 heavy (non-hydrogen) atoms. The first-order valence-electron chi connectivity index (χ1n) is 10.2. The Morgan fingerprint density at radius 1 is 1.17 bits per heavy atom. The average Bonchev–Trinajstić information content (AvgIpc) is 2.94. The molecule has 0 radical (unpaired) electrons. The smallest absolute Gasteiger partial charge is 0.334 e. The third-order valence-electron chi connectivity index (χ3n) is 5.18. The van der Waals surface area contributed by atoms with E-state index >= 15 is 0 Å². The number of fused-ring (bicyclic) bond motifs is 1. The van der Waals surface area contributed by atoms with Gasteiger partial charge in [0.15, 0.2) is 12.2 Å². The van der Waals surface area contributed by atoms with Gasteiger partial charge in [-0.15, -0.1) is 0 Å². The van der Waals surface area contributed by atoms with Crippen LogP contribution in [0.1, 0.15) is 47.5 Å². The maximum atomic E-state index is 12.5. The molecule has 2 rings (SSSR count). The molecule has 1 aliphatic carbocycles. The highest BCUT2D eigenvalue weighted by Gasteiger charge is 2.49. The zero-order chi connectivity index (χ0) is 22.6. The number of rotatable bonds is 5. The summed E-state index contributed by atoms with van der Waals surface area (Å²) in [6.07, 6.45) is 2.19. The van der Waals surface area contributed by atoms with Crippen LogP contribution in [-0.2, 0) is 33.4 Å². The highest BCUT2D eigenvalue weighted by atomic mass is 16.6. The Hall–Kier alpha value is -2.70. The van der Waals surface area contributed by atoms with Crippen LogP contribution in [0.5, 0.6) is 0 Å². The molecule has 7 nitrogen and oxygen atoms in total. The summed E-state index contributed by atoms with van der Waals surface area (Å²) in [5, 5.41) is 0. The predicted octanol–water partition coefficient (Wildman–Crippen LogP) is 3.09. The standard InChI is InChI=1S/C23H30O7/c1-12(2)21(25)29-19-16(11-24)9-7-8-14(5)10-17-18(15(6)23(27)28-17)20(19)30-22(26)13(3)4/h9-13,17-20H,6-8H2,1-5H3/b14-10+,16-9-/t17-,18+,19+,20+/m1/s1. The van der Waals surface area contributed by atoms with Crippen LogP contribution in [0.3, 0.4) is 0 Å². The lowest BCUT2D eigenvalue weighted by molar-refractivity contribution is -0.174. The quantitative estimate of drug-likeness (QED) is 0.223. The van der Waals surface area contributed by atoms with Crippen LogP contribution in [-0.4, -0.2) is 42.5 Å². The number of carbonyl (C=O) groups is 4. The van der Waals surface area contributed by atoms with Gasteiger partial charge in [0.2, 0.25) is 0 Å². The maximum absolute atomic E-state index is 12.5. The molecule has 164 valence electrons. The van der Waals surface area contributed by atoms with E-state index in [0.29, 0.717) is 19.1 Å². The molecule has 0 aromatic heterocycles. The molecule has 2 aliphatic rings. The van der Waals surface area contributed by atoms with Crippen molar-refractivity contribution in [3.8, 4) is 0 Å². The van der Waals surface area contributed by atoms with Gasteiger partial charge in [0, 0.05) is 11.1 Å². The Morgan fingerprint density at radius 2 is 1.77 bits per heavy atom. The molecule has 0 spiro atoms. The third-order valence-corrected chi connectivity index (χ3v) is 5.18. The van der Waals surface area contributed by atoms with E-state index in [1.165, 1.54) is 0 Å². The Labute approximate surface area is 177 Å². The van der Waals surface area contributed by atoms with Gasteiger partial charge in [0.1, 0.15) is 12.4 Å². The van der Waals surface area contributed by atoms with Crippen molar-refractivity contribution in [1.82, 2.24) is 0 Å². The van der Waals surface area contributed by atoms with E-state index in [0.717, 1.165) is 5.57 Å². The Kier molecular flexibility index (Phi) is 7.76. The van der Waals surface area contributed by atoms with Gasteiger partial charge in [-0.2, -0.15) is 0 Å². The molecule has 1 saturated heterocycles. The number of aldehydes is 1. The number of esters is 3. The van der Waals surface area contributed by atoms with E-state index in [4.69, 9.17) is 14.2 Å². The van der Waals surface area contributed by atoms with Crippen molar-refractivity contribution in [2.24, 2.45) is 17.8 Å². The molecule has 0 amide bonds. The van der Waals surface area contributed by atoms with Crippen molar-refractivity contribution in [2.45, 2.75) is 65.8 Å². The lowest BCUT2D eigenvalue weighted by Gasteiger charge is -2.33. The fraction of sp³-hybridized carbons (Fsp3) is 0.565. The van der Waals surface area contributed by atoms with Crippen molar-refractivity contribution >= 4 is 24.2 Å². The van der Waals surface area contributed by atoms with Crippen LogP contribution >= 0.6 is 0 Å². The van der Waals surface area contributed by atoms with E-state index in [9.17, 15) is 19.2 Å². The topological polar surface area (TPSA) is 96.0 Å². The van der Waals surface area contributed by atoms with E-state index in [-0.39, 0.29) is 11.1 Å². The fourth-order valence-corrected chi connectivity index (χ4v) is 3.37. The minimum absolute atomic E-state index is 0.113. The summed E-state index contributed by atoms with van der Waals surface area (Å²) in [6, 6.07) is 0. The van der Waals surface area contributed by atoms with Crippen molar-refractivity contribution < 1.29 is 33.4 Å². The normalized spacial score (nSPS) is 30.5. The van der Waals surface area contributed by atoms with Crippen molar-refractivity contribution in [2.75, 3.05) is 0 Å².